The average molecular weight is 225 g/mol. The molecule has 0 amide bonds. The van der Waals surface area contributed by atoms with Gasteiger partial charge in [0.2, 0.25) is 0 Å². The summed E-state index contributed by atoms with van der Waals surface area (Å²) in [6.07, 6.45) is 4.06. The first-order chi connectivity index (χ1) is 7.67. The molecule has 1 aromatic rings. The molecule has 1 aromatic heterocycles. The molecule has 5 heteroatoms. The summed E-state index contributed by atoms with van der Waals surface area (Å²) >= 11 is 0. The number of carbonyl (C=O) groups is 1. The Balaban J connectivity index is 2.43. The summed E-state index contributed by atoms with van der Waals surface area (Å²) in [6.45, 7) is 4.51. The largest absolute Gasteiger partial charge is 0.469 e. The van der Waals surface area contributed by atoms with E-state index in [-0.39, 0.29) is 5.97 Å². The molecule has 1 heterocycles. The van der Waals surface area contributed by atoms with Gasteiger partial charge in [0.1, 0.15) is 0 Å². The summed E-state index contributed by atoms with van der Waals surface area (Å²) in [5.74, 6) is -0.163. The van der Waals surface area contributed by atoms with Crippen LogP contribution in [0.25, 0.3) is 0 Å². The highest BCUT2D eigenvalue weighted by Crippen LogP contribution is 2.03. The molecule has 0 bridgehead atoms. The third kappa shape index (κ3) is 3.66. The Kier molecular flexibility index (Phi) is 4.98. The van der Waals surface area contributed by atoms with Crippen molar-refractivity contribution in [1.29, 1.82) is 0 Å². The lowest BCUT2D eigenvalue weighted by molar-refractivity contribution is -0.141. The summed E-state index contributed by atoms with van der Waals surface area (Å²) in [7, 11) is 3.39. The summed E-state index contributed by atoms with van der Waals surface area (Å²) in [4.78, 5) is 17.3. The monoisotopic (exact) mass is 225 g/mol. The molecule has 0 N–H and O–H groups in total. The van der Waals surface area contributed by atoms with E-state index in [0.717, 1.165) is 18.8 Å². The summed E-state index contributed by atoms with van der Waals surface area (Å²) in [5, 5.41) is 0. The fourth-order valence-electron chi connectivity index (χ4n) is 1.47. The average Bonchev–Trinajstić information content (AvgIpc) is 2.69. The van der Waals surface area contributed by atoms with E-state index in [9.17, 15) is 4.79 Å². The third-order valence-corrected chi connectivity index (χ3v) is 2.61. The van der Waals surface area contributed by atoms with Crippen LogP contribution < -0.4 is 0 Å². The summed E-state index contributed by atoms with van der Waals surface area (Å²) in [6, 6.07) is 0. The second-order valence-electron chi connectivity index (χ2n) is 3.69. The first kappa shape index (κ1) is 12.7. The Morgan fingerprint density at radius 1 is 1.62 bits per heavy atom. The van der Waals surface area contributed by atoms with Crippen LogP contribution in [0.1, 0.15) is 19.0 Å². The molecule has 0 unspecified atom stereocenters. The van der Waals surface area contributed by atoms with E-state index in [1.807, 2.05) is 17.8 Å². The number of rotatable bonds is 6. The van der Waals surface area contributed by atoms with E-state index in [1.165, 1.54) is 7.11 Å². The molecule has 1 rings (SSSR count). The third-order valence-electron chi connectivity index (χ3n) is 2.61. The number of hydrogen-bond donors (Lipinski definition) is 0. The van der Waals surface area contributed by atoms with Crippen molar-refractivity contribution in [1.82, 2.24) is 14.5 Å². The Morgan fingerprint density at radius 2 is 2.38 bits per heavy atom. The van der Waals surface area contributed by atoms with Gasteiger partial charge in [0, 0.05) is 26.3 Å². The van der Waals surface area contributed by atoms with Crippen LogP contribution in [0.15, 0.2) is 12.5 Å². The molecule has 0 aliphatic carbocycles. The first-order valence-corrected chi connectivity index (χ1v) is 5.41. The summed E-state index contributed by atoms with van der Waals surface area (Å²) in [5.41, 5.74) is 1.15. The van der Waals surface area contributed by atoms with Crippen molar-refractivity contribution >= 4 is 5.97 Å². The molecule has 0 radical (unpaired) electrons. The second-order valence-corrected chi connectivity index (χ2v) is 3.69. The zero-order valence-corrected chi connectivity index (χ0v) is 10.1. The van der Waals surface area contributed by atoms with E-state index in [4.69, 9.17) is 0 Å². The zero-order chi connectivity index (χ0) is 12.0. The zero-order valence-electron chi connectivity index (χ0n) is 10.1. The van der Waals surface area contributed by atoms with E-state index >= 15 is 0 Å². The van der Waals surface area contributed by atoms with Gasteiger partial charge in [-0.05, 0) is 6.54 Å². The first-order valence-electron chi connectivity index (χ1n) is 5.41. The lowest BCUT2D eigenvalue weighted by Gasteiger charge is -2.19. The van der Waals surface area contributed by atoms with Crippen LogP contribution in [0.4, 0.5) is 0 Å². The topological polar surface area (TPSA) is 47.4 Å². The van der Waals surface area contributed by atoms with Crippen molar-refractivity contribution in [3.05, 3.63) is 18.2 Å². The maximum Gasteiger partial charge on any atom is 0.306 e. The number of esters is 1. The van der Waals surface area contributed by atoms with E-state index in [0.29, 0.717) is 13.0 Å². The predicted octanol–water partition coefficient (Wildman–Crippen LogP) is 0.805. The smallest absolute Gasteiger partial charge is 0.306 e. The van der Waals surface area contributed by atoms with Gasteiger partial charge in [0.05, 0.1) is 25.6 Å². The van der Waals surface area contributed by atoms with Crippen molar-refractivity contribution in [3.8, 4) is 0 Å². The van der Waals surface area contributed by atoms with Crippen molar-refractivity contribution in [2.24, 2.45) is 7.05 Å². The molecule has 0 aromatic carbocycles. The van der Waals surface area contributed by atoms with Gasteiger partial charge in [-0.15, -0.1) is 0 Å². The number of aryl methyl sites for hydroxylation is 1. The van der Waals surface area contributed by atoms with Crippen molar-refractivity contribution in [2.45, 2.75) is 19.9 Å². The van der Waals surface area contributed by atoms with Crippen molar-refractivity contribution in [2.75, 3.05) is 20.2 Å². The van der Waals surface area contributed by atoms with E-state index in [1.54, 1.807) is 6.33 Å². The van der Waals surface area contributed by atoms with Crippen LogP contribution in [0.3, 0.4) is 0 Å². The molecule has 5 nitrogen and oxygen atoms in total. The number of hydrogen-bond acceptors (Lipinski definition) is 4. The molecule has 0 saturated carbocycles. The number of methoxy groups -OCH3 is 1. The number of carbonyl (C=O) groups excluding carboxylic acids is 1. The second kappa shape index (κ2) is 6.27. The standard InChI is InChI=1S/C11H19N3O2/c1-4-14(6-5-11(15)16-3)8-10-7-12-9-13(10)2/h7,9H,4-6,8H2,1-3H3. The molecular formula is C11H19N3O2. The van der Waals surface area contributed by atoms with Crippen LogP contribution in [0.5, 0.6) is 0 Å². The Morgan fingerprint density at radius 3 is 2.88 bits per heavy atom. The highest BCUT2D eigenvalue weighted by molar-refractivity contribution is 5.69. The van der Waals surface area contributed by atoms with Crippen LogP contribution in [0.2, 0.25) is 0 Å². The van der Waals surface area contributed by atoms with Crippen LogP contribution in [-0.4, -0.2) is 40.6 Å². The molecule has 16 heavy (non-hydrogen) atoms. The molecular weight excluding hydrogens is 206 g/mol. The van der Waals surface area contributed by atoms with Crippen molar-refractivity contribution < 1.29 is 9.53 Å². The molecule has 0 spiro atoms. The maximum atomic E-state index is 11.0. The van der Waals surface area contributed by atoms with Crippen LogP contribution in [-0.2, 0) is 23.1 Å². The van der Waals surface area contributed by atoms with Crippen molar-refractivity contribution in [3.63, 3.8) is 0 Å². The molecule has 90 valence electrons. The number of imidazole rings is 1. The highest BCUT2D eigenvalue weighted by Gasteiger charge is 2.09. The molecule has 0 atom stereocenters. The van der Waals surface area contributed by atoms with Gasteiger partial charge in [-0.1, -0.05) is 6.92 Å². The molecule has 0 aliphatic heterocycles. The SMILES string of the molecule is CCN(CCC(=O)OC)Cc1cncn1C. The molecule has 0 saturated heterocycles. The lowest BCUT2D eigenvalue weighted by Crippen LogP contribution is -2.26. The maximum absolute atomic E-state index is 11.0. The number of aromatic nitrogens is 2. The van der Waals surface area contributed by atoms with Gasteiger partial charge < -0.3 is 9.30 Å². The van der Waals surface area contributed by atoms with Gasteiger partial charge in [0.25, 0.3) is 0 Å². The van der Waals surface area contributed by atoms with Crippen LogP contribution in [0, 0.1) is 0 Å². The normalized spacial score (nSPS) is 10.8. The predicted molar refractivity (Wildman–Crippen MR) is 60.8 cm³/mol. The molecule has 0 fully saturated rings. The van der Waals surface area contributed by atoms with Gasteiger partial charge >= 0.3 is 5.97 Å². The Hall–Kier alpha value is -1.36. The fraction of sp³-hybridized carbons (Fsp3) is 0.636. The quantitative estimate of drug-likeness (QED) is 0.672. The highest BCUT2D eigenvalue weighted by atomic mass is 16.5. The van der Waals surface area contributed by atoms with Gasteiger partial charge in [0.15, 0.2) is 0 Å². The Labute approximate surface area is 96.0 Å². The van der Waals surface area contributed by atoms with Gasteiger partial charge in [-0.2, -0.15) is 0 Å². The lowest BCUT2D eigenvalue weighted by atomic mass is 10.3. The van der Waals surface area contributed by atoms with Gasteiger partial charge in [-0.25, -0.2) is 4.98 Å². The minimum absolute atomic E-state index is 0.163. The minimum Gasteiger partial charge on any atom is -0.469 e. The van der Waals surface area contributed by atoms with E-state index < -0.39 is 0 Å². The fourth-order valence-corrected chi connectivity index (χ4v) is 1.47. The molecule has 0 aliphatic rings. The summed E-state index contributed by atoms with van der Waals surface area (Å²) < 4.78 is 6.61. The minimum atomic E-state index is -0.163. The van der Waals surface area contributed by atoms with Gasteiger partial charge in [-0.3, -0.25) is 9.69 Å². The number of ether oxygens (including phenoxy) is 1. The Bertz CT molecular complexity index is 336. The number of nitrogens with zero attached hydrogens (tertiary/aromatic N) is 3. The van der Waals surface area contributed by atoms with Crippen LogP contribution >= 0.6 is 0 Å². The van der Waals surface area contributed by atoms with E-state index in [2.05, 4.69) is 21.5 Å².